The SMILES string of the molecule is FC(F)(F)CCSc1nc(-c2ccccc2)c(-c2ccccc2)o1. The standard InChI is InChI=1S/C18H14F3NOS/c19-18(20,21)11-12-24-17-22-15(13-7-3-1-4-8-13)16(23-17)14-9-5-2-6-10-14/h1-10H,11-12H2. The van der Waals surface area contributed by atoms with Crippen LogP contribution < -0.4 is 0 Å². The zero-order valence-electron chi connectivity index (χ0n) is 12.6. The fourth-order valence-corrected chi connectivity index (χ4v) is 3.00. The average Bonchev–Trinajstić information content (AvgIpc) is 2.99. The number of halogens is 3. The van der Waals surface area contributed by atoms with E-state index in [1.165, 1.54) is 0 Å². The molecule has 0 spiro atoms. The van der Waals surface area contributed by atoms with Gasteiger partial charge in [0.1, 0.15) is 5.69 Å². The second-order valence-corrected chi connectivity index (χ2v) is 6.15. The number of hydrogen-bond acceptors (Lipinski definition) is 3. The van der Waals surface area contributed by atoms with Gasteiger partial charge in [-0.2, -0.15) is 13.2 Å². The lowest BCUT2D eigenvalue weighted by Gasteiger charge is -2.03. The van der Waals surface area contributed by atoms with E-state index in [1.54, 1.807) is 0 Å². The molecule has 1 aromatic heterocycles. The number of alkyl halides is 3. The van der Waals surface area contributed by atoms with Crippen LogP contribution >= 0.6 is 11.8 Å². The highest BCUT2D eigenvalue weighted by Crippen LogP contribution is 2.36. The number of rotatable bonds is 5. The molecule has 6 heteroatoms. The number of hydrogen-bond donors (Lipinski definition) is 0. The van der Waals surface area contributed by atoms with E-state index in [-0.39, 0.29) is 11.0 Å². The lowest BCUT2D eigenvalue weighted by Crippen LogP contribution is -2.07. The van der Waals surface area contributed by atoms with Crippen LogP contribution in [0, 0.1) is 0 Å². The number of thioether (sulfide) groups is 1. The van der Waals surface area contributed by atoms with Gasteiger partial charge in [0.2, 0.25) is 0 Å². The monoisotopic (exact) mass is 349 g/mol. The first-order valence-electron chi connectivity index (χ1n) is 7.34. The summed E-state index contributed by atoms with van der Waals surface area (Å²) < 4.78 is 42.7. The second kappa shape index (κ2) is 7.13. The van der Waals surface area contributed by atoms with Gasteiger partial charge in [0.15, 0.2) is 5.76 Å². The van der Waals surface area contributed by atoms with Crippen molar-refractivity contribution in [2.75, 3.05) is 5.75 Å². The largest absolute Gasteiger partial charge is 0.431 e. The van der Waals surface area contributed by atoms with Crippen molar-refractivity contribution in [2.45, 2.75) is 17.8 Å². The Morgan fingerprint density at radius 2 is 1.46 bits per heavy atom. The van der Waals surface area contributed by atoms with E-state index < -0.39 is 12.6 Å². The summed E-state index contributed by atoms with van der Waals surface area (Å²) in [6.07, 6.45) is -5.05. The van der Waals surface area contributed by atoms with E-state index in [0.29, 0.717) is 11.5 Å². The number of nitrogens with zero attached hydrogens (tertiary/aromatic N) is 1. The van der Waals surface area contributed by atoms with Gasteiger partial charge in [0.05, 0.1) is 6.42 Å². The van der Waals surface area contributed by atoms with E-state index >= 15 is 0 Å². The van der Waals surface area contributed by atoms with Crippen molar-refractivity contribution in [3.05, 3.63) is 60.7 Å². The van der Waals surface area contributed by atoms with Crippen LogP contribution in [-0.2, 0) is 0 Å². The number of aromatic nitrogens is 1. The van der Waals surface area contributed by atoms with Gasteiger partial charge in [0.25, 0.3) is 5.22 Å². The van der Waals surface area contributed by atoms with Crippen LogP contribution in [0.5, 0.6) is 0 Å². The van der Waals surface area contributed by atoms with Crippen LogP contribution in [0.3, 0.4) is 0 Å². The summed E-state index contributed by atoms with van der Waals surface area (Å²) >= 11 is 0.974. The summed E-state index contributed by atoms with van der Waals surface area (Å²) in [5.74, 6) is 0.447. The fraction of sp³-hybridized carbons (Fsp3) is 0.167. The van der Waals surface area contributed by atoms with Crippen LogP contribution in [-0.4, -0.2) is 16.9 Å². The lowest BCUT2D eigenvalue weighted by atomic mass is 10.1. The molecule has 24 heavy (non-hydrogen) atoms. The normalized spacial score (nSPS) is 11.6. The van der Waals surface area contributed by atoms with Gasteiger partial charge in [-0.15, -0.1) is 0 Å². The molecule has 124 valence electrons. The zero-order valence-corrected chi connectivity index (χ0v) is 13.4. The minimum atomic E-state index is -4.18. The topological polar surface area (TPSA) is 26.0 Å². The molecule has 1 heterocycles. The van der Waals surface area contributed by atoms with Gasteiger partial charge < -0.3 is 4.42 Å². The van der Waals surface area contributed by atoms with E-state index in [9.17, 15) is 13.2 Å². The van der Waals surface area contributed by atoms with Crippen LogP contribution in [0.15, 0.2) is 70.3 Å². The Kier molecular flexibility index (Phi) is 4.94. The van der Waals surface area contributed by atoms with Crippen molar-refractivity contribution in [2.24, 2.45) is 0 Å². The summed E-state index contributed by atoms with van der Waals surface area (Å²) in [7, 11) is 0. The van der Waals surface area contributed by atoms with Crippen molar-refractivity contribution >= 4 is 11.8 Å². The molecular formula is C18H14F3NOS. The van der Waals surface area contributed by atoms with E-state index in [0.717, 1.165) is 22.9 Å². The third-order valence-electron chi connectivity index (χ3n) is 3.30. The molecular weight excluding hydrogens is 335 g/mol. The van der Waals surface area contributed by atoms with Crippen molar-refractivity contribution in [1.29, 1.82) is 0 Å². The van der Waals surface area contributed by atoms with Crippen molar-refractivity contribution in [3.63, 3.8) is 0 Å². The Morgan fingerprint density at radius 1 is 0.875 bits per heavy atom. The molecule has 0 aliphatic rings. The van der Waals surface area contributed by atoms with Crippen LogP contribution in [0.1, 0.15) is 6.42 Å². The first-order chi connectivity index (χ1) is 11.5. The molecule has 0 saturated carbocycles. The predicted molar refractivity (Wildman–Crippen MR) is 88.8 cm³/mol. The minimum absolute atomic E-state index is 0.119. The summed E-state index contributed by atoms with van der Waals surface area (Å²) in [4.78, 5) is 4.41. The van der Waals surface area contributed by atoms with Gasteiger partial charge in [-0.25, -0.2) is 4.98 Å². The van der Waals surface area contributed by atoms with Crippen molar-refractivity contribution in [1.82, 2.24) is 4.98 Å². The Hall–Kier alpha value is -2.21. The highest BCUT2D eigenvalue weighted by atomic mass is 32.2. The highest BCUT2D eigenvalue weighted by molar-refractivity contribution is 7.99. The van der Waals surface area contributed by atoms with E-state index in [4.69, 9.17) is 4.42 Å². The van der Waals surface area contributed by atoms with Gasteiger partial charge >= 0.3 is 6.18 Å². The van der Waals surface area contributed by atoms with Crippen molar-refractivity contribution < 1.29 is 17.6 Å². The number of benzene rings is 2. The minimum Gasteiger partial charge on any atom is -0.431 e. The molecule has 0 atom stereocenters. The van der Waals surface area contributed by atoms with Gasteiger partial charge in [-0.05, 0) is 0 Å². The summed E-state index contributed by atoms with van der Waals surface area (Å²) in [5.41, 5.74) is 2.34. The maximum absolute atomic E-state index is 12.3. The summed E-state index contributed by atoms with van der Waals surface area (Å²) in [6, 6.07) is 18.9. The predicted octanol–water partition coefficient (Wildman–Crippen LogP) is 6.05. The maximum Gasteiger partial charge on any atom is 0.389 e. The summed E-state index contributed by atoms with van der Waals surface area (Å²) in [6.45, 7) is 0. The molecule has 3 rings (SSSR count). The highest BCUT2D eigenvalue weighted by Gasteiger charge is 2.27. The van der Waals surface area contributed by atoms with Crippen molar-refractivity contribution in [3.8, 4) is 22.6 Å². The van der Waals surface area contributed by atoms with E-state index in [1.807, 2.05) is 60.7 Å². The molecule has 0 radical (unpaired) electrons. The van der Waals surface area contributed by atoms with Crippen LogP contribution in [0.4, 0.5) is 13.2 Å². The van der Waals surface area contributed by atoms with Gasteiger partial charge in [0, 0.05) is 16.9 Å². The Balaban J connectivity index is 1.91. The van der Waals surface area contributed by atoms with Crippen LogP contribution in [0.25, 0.3) is 22.6 Å². The Labute approximate surface area is 141 Å². The first-order valence-corrected chi connectivity index (χ1v) is 8.33. The Morgan fingerprint density at radius 3 is 2.04 bits per heavy atom. The zero-order chi connectivity index (χ0) is 17.0. The third kappa shape index (κ3) is 4.20. The number of oxazole rings is 1. The fourth-order valence-electron chi connectivity index (χ4n) is 2.19. The first kappa shape index (κ1) is 16.6. The second-order valence-electron chi connectivity index (χ2n) is 5.10. The molecule has 0 fully saturated rings. The molecule has 2 aromatic carbocycles. The molecule has 0 bridgehead atoms. The quantitative estimate of drug-likeness (QED) is 0.524. The molecule has 2 nitrogen and oxygen atoms in total. The van der Waals surface area contributed by atoms with Gasteiger partial charge in [-0.3, -0.25) is 0 Å². The molecule has 0 aliphatic carbocycles. The molecule has 0 unspecified atom stereocenters. The summed E-state index contributed by atoms with van der Waals surface area (Å²) in [5, 5.41) is 0.247. The Bertz CT molecular complexity index is 728. The van der Waals surface area contributed by atoms with E-state index in [2.05, 4.69) is 4.98 Å². The lowest BCUT2D eigenvalue weighted by molar-refractivity contribution is -0.129. The van der Waals surface area contributed by atoms with Crippen LogP contribution in [0.2, 0.25) is 0 Å². The molecule has 0 N–H and O–H groups in total. The molecule has 3 aromatic rings. The molecule has 0 amide bonds. The average molecular weight is 349 g/mol. The maximum atomic E-state index is 12.3. The molecule has 0 aliphatic heterocycles. The van der Waals surface area contributed by atoms with Gasteiger partial charge in [-0.1, -0.05) is 72.4 Å². The third-order valence-corrected chi connectivity index (χ3v) is 4.13. The molecule has 0 saturated heterocycles. The smallest absolute Gasteiger partial charge is 0.389 e.